The molecule has 0 spiro atoms. The van der Waals surface area contributed by atoms with Gasteiger partial charge in [0.25, 0.3) is 0 Å². The molecule has 0 aliphatic carbocycles. The van der Waals surface area contributed by atoms with Crippen LogP contribution in [0, 0.1) is 11.8 Å². The highest BCUT2D eigenvalue weighted by atomic mass is 16.6. The summed E-state index contributed by atoms with van der Waals surface area (Å²) in [6, 6.07) is -0.300. The van der Waals surface area contributed by atoms with Gasteiger partial charge in [0.1, 0.15) is 6.23 Å². The minimum Gasteiger partial charge on any atom is -0.402 e. The fraction of sp³-hybridized carbons (Fsp3) is 0.867. The Kier molecular flexibility index (Phi) is 10.6. The monoisotopic (exact) mass is 303 g/mol. The van der Waals surface area contributed by atoms with Gasteiger partial charge in [-0.05, 0) is 37.6 Å². The number of hydrogen-bond acceptors (Lipinski definition) is 6. The Morgan fingerprint density at radius 1 is 1.33 bits per heavy atom. The van der Waals surface area contributed by atoms with Gasteiger partial charge in [-0.3, -0.25) is 10.6 Å². The average Bonchev–Trinajstić information content (AvgIpc) is 2.43. The van der Waals surface area contributed by atoms with Crippen molar-refractivity contribution in [2.24, 2.45) is 17.6 Å². The van der Waals surface area contributed by atoms with Gasteiger partial charge in [-0.25, -0.2) is 0 Å². The summed E-state index contributed by atoms with van der Waals surface area (Å²) in [5.74, 6) is 0.475. The molecule has 21 heavy (non-hydrogen) atoms. The number of hydrogen-bond donors (Lipinski definition) is 5. The molecule has 6 heteroatoms. The van der Waals surface area contributed by atoms with Crippen LogP contribution >= 0.6 is 0 Å². The number of aliphatic hydroxyl groups is 2. The minimum absolute atomic E-state index is 0.143. The van der Waals surface area contributed by atoms with E-state index in [0.717, 1.165) is 25.0 Å². The molecule has 0 aromatic rings. The Labute approximate surface area is 128 Å². The van der Waals surface area contributed by atoms with Gasteiger partial charge in [-0.15, -0.1) is 0 Å². The van der Waals surface area contributed by atoms with Gasteiger partial charge in [-0.1, -0.05) is 27.4 Å². The zero-order valence-electron chi connectivity index (χ0n) is 13.8. The van der Waals surface area contributed by atoms with Crippen molar-refractivity contribution in [3.05, 3.63) is 12.3 Å². The van der Waals surface area contributed by atoms with E-state index < -0.39 is 12.6 Å². The molecule has 0 radical (unpaired) electrons. The van der Waals surface area contributed by atoms with Crippen molar-refractivity contribution in [3.8, 4) is 0 Å². The summed E-state index contributed by atoms with van der Waals surface area (Å²) in [5, 5.41) is 25.5. The van der Waals surface area contributed by atoms with Crippen molar-refractivity contribution in [1.82, 2.24) is 10.6 Å². The lowest BCUT2D eigenvalue weighted by molar-refractivity contribution is -0.117. The van der Waals surface area contributed by atoms with Gasteiger partial charge < -0.3 is 20.7 Å². The summed E-state index contributed by atoms with van der Waals surface area (Å²) < 4.78 is 4.76. The van der Waals surface area contributed by atoms with Crippen LogP contribution in [0.25, 0.3) is 0 Å². The number of rotatable bonds is 12. The van der Waals surface area contributed by atoms with Crippen molar-refractivity contribution in [2.75, 3.05) is 13.7 Å². The predicted octanol–water partition coefficient (Wildman–Crippen LogP) is 0.710. The molecule has 0 aromatic carbocycles. The van der Waals surface area contributed by atoms with Gasteiger partial charge in [-0.2, -0.15) is 0 Å². The number of methoxy groups -OCH3 is 1. The first-order valence-corrected chi connectivity index (χ1v) is 7.66. The van der Waals surface area contributed by atoms with Gasteiger partial charge in [0.05, 0.1) is 6.04 Å². The maximum Gasteiger partial charge on any atom is 0.213 e. The van der Waals surface area contributed by atoms with Gasteiger partial charge in [0.2, 0.25) is 6.41 Å². The summed E-state index contributed by atoms with van der Waals surface area (Å²) in [6.45, 7) is 10.5. The highest BCUT2D eigenvalue weighted by Gasteiger charge is 2.24. The second-order valence-corrected chi connectivity index (χ2v) is 5.75. The number of nitrogens with one attached hydrogen (secondary N) is 2. The van der Waals surface area contributed by atoms with Crippen molar-refractivity contribution in [1.29, 1.82) is 0 Å². The molecule has 0 heterocycles. The van der Waals surface area contributed by atoms with E-state index in [-0.39, 0.29) is 12.0 Å². The number of aliphatic hydroxyl groups excluding tert-OH is 2. The highest BCUT2D eigenvalue weighted by Crippen LogP contribution is 2.15. The van der Waals surface area contributed by atoms with Crippen LogP contribution in [0.5, 0.6) is 0 Å². The third-order valence-corrected chi connectivity index (χ3v) is 3.72. The van der Waals surface area contributed by atoms with E-state index in [2.05, 4.69) is 24.1 Å². The summed E-state index contributed by atoms with van der Waals surface area (Å²) in [4.78, 5) is 0. The Morgan fingerprint density at radius 3 is 2.38 bits per heavy atom. The fourth-order valence-electron chi connectivity index (χ4n) is 2.26. The molecule has 6 nitrogen and oxygen atoms in total. The normalized spacial score (nSPS) is 17.5. The summed E-state index contributed by atoms with van der Waals surface area (Å²) >= 11 is 0. The van der Waals surface area contributed by atoms with E-state index in [1.165, 1.54) is 7.11 Å². The van der Waals surface area contributed by atoms with Gasteiger partial charge in [0, 0.05) is 12.8 Å². The molecule has 0 fully saturated rings. The van der Waals surface area contributed by atoms with Crippen LogP contribution in [0.1, 0.15) is 40.0 Å². The SMILES string of the molecule is C=C(N)[C@@H](CC)CCCN[C@H](O)[C@@H](NC(O)OC)C(C)C. The van der Waals surface area contributed by atoms with Crippen LogP contribution in [0.4, 0.5) is 0 Å². The average molecular weight is 303 g/mol. The molecule has 0 aliphatic rings. The lowest BCUT2D eigenvalue weighted by Gasteiger charge is -2.30. The third-order valence-electron chi connectivity index (χ3n) is 3.72. The van der Waals surface area contributed by atoms with Crippen LogP contribution in [-0.2, 0) is 4.74 Å². The summed E-state index contributed by atoms with van der Waals surface area (Å²) in [6.07, 6.45) is 0.999. The molecule has 0 saturated heterocycles. The number of nitrogens with two attached hydrogens (primary N) is 1. The molecule has 0 aromatic heterocycles. The lowest BCUT2D eigenvalue weighted by atomic mass is 9.97. The zero-order valence-corrected chi connectivity index (χ0v) is 13.8. The fourth-order valence-corrected chi connectivity index (χ4v) is 2.26. The van der Waals surface area contributed by atoms with Crippen LogP contribution in [-0.4, -0.2) is 42.6 Å². The van der Waals surface area contributed by atoms with Crippen molar-refractivity contribution in [2.45, 2.75) is 58.7 Å². The van der Waals surface area contributed by atoms with Gasteiger partial charge in [0.15, 0.2) is 0 Å². The smallest absolute Gasteiger partial charge is 0.213 e. The first-order valence-electron chi connectivity index (χ1n) is 7.66. The quantitative estimate of drug-likeness (QED) is 0.269. The van der Waals surface area contributed by atoms with E-state index in [1.54, 1.807) is 0 Å². The molecule has 1 unspecified atom stereocenters. The maximum atomic E-state index is 10.2. The Morgan fingerprint density at radius 2 is 1.95 bits per heavy atom. The van der Waals surface area contributed by atoms with Gasteiger partial charge >= 0.3 is 0 Å². The minimum atomic E-state index is -1.08. The molecule has 0 saturated carbocycles. The molecular weight excluding hydrogens is 270 g/mol. The van der Waals surface area contributed by atoms with Crippen LogP contribution in [0.15, 0.2) is 12.3 Å². The molecular formula is C15H33N3O3. The maximum absolute atomic E-state index is 10.2. The van der Waals surface area contributed by atoms with E-state index in [1.807, 2.05) is 13.8 Å². The van der Waals surface area contributed by atoms with E-state index in [0.29, 0.717) is 12.5 Å². The van der Waals surface area contributed by atoms with E-state index in [9.17, 15) is 10.2 Å². The van der Waals surface area contributed by atoms with Crippen molar-refractivity contribution in [3.63, 3.8) is 0 Å². The number of ether oxygens (including phenoxy) is 1. The number of allylic oxidation sites excluding steroid dienone is 1. The van der Waals surface area contributed by atoms with Crippen LogP contribution in [0.3, 0.4) is 0 Å². The molecule has 126 valence electrons. The first-order chi connectivity index (χ1) is 9.83. The second-order valence-electron chi connectivity index (χ2n) is 5.75. The molecule has 4 atom stereocenters. The standard InChI is InChI=1S/C15H33N3O3/c1-6-12(11(4)16)8-7-9-17-14(19)13(10(2)3)18-15(20)21-5/h10,12-15,17-20H,4,6-9,16H2,1-3,5H3/t12-,13-,14+,15?/m0/s1. The van der Waals surface area contributed by atoms with Crippen LogP contribution in [0.2, 0.25) is 0 Å². The van der Waals surface area contributed by atoms with Crippen LogP contribution < -0.4 is 16.4 Å². The lowest BCUT2D eigenvalue weighted by Crippen LogP contribution is -2.54. The largest absolute Gasteiger partial charge is 0.402 e. The molecule has 0 amide bonds. The summed E-state index contributed by atoms with van der Waals surface area (Å²) in [7, 11) is 1.40. The first kappa shape index (κ1) is 20.3. The second kappa shape index (κ2) is 11.0. The van der Waals surface area contributed by atoms with E-state index in [4.69, 9.17) is 10.5 Å². The predicted molar refractivity (Wildman–Crippen MR) is 85.1 cm³/mol. The van der Waals surface area contributed by atoms with Crippen molar-refractivity contribution >= 4 is 0 Å². The third kappa shape index (κ3) is 8.38. The molecule has 0 aliphatic heterocycles. The molecule has 0 rings (SSSR count). The summed E-state index contributed by atoms with van der Waals surface area (Å²) in [5.41, 5.74) is 6.46. The van der Waals surface area contributed by atoms with Crippen molar-refractivity contribution < 1.29 is 14.9 Å². The Bertz CT molecular complexity index is 287. The van der Waals surface area contributed by atoms with E-state index >= 15 is 0 Å². The topological polar surface area (TPSA) is 99.8 Å². The Balaban J connectivity index is 4.14. The molecule has 6 N–H and O–H groups in total. The Hall–Kier alpha value is -0.660. The highest BCUT2D eigenvalue weighted by molar-refractivity contribution is 4.93. The molecule has 0 bridgehead atoms. The zero-order chi connectivity index (χ0) is 16.4.